The molecule has 0 rings (SSSR count). The Balaban J connectivity index is 4.44. The average Bonchev–Trinajstić information content (AvgIpc) is 1.30. The van der Waals surface area contributed by atoms with Crippen molar-refractivity contribution in [2.45, 2.75) is 0 Å². The lowest BCUT2D eigenvalue weighted by Gasteiger charge is -1.73. The van der Waals surface area contributed by atoms with Gasteiger partial charge in [0.1, 0.15) is 11.3 Å². The Morgan fingerprint density at radius 3 is 2.00 bits per heavy atom. The predicted molar refractivity (Wildman–Crippen MR) is 23.4 cm³/mol. The number of hydrogen-bond acceptors (Lipinski definition) is 3. The molecule has 7 heavy (non-hydrogen) atoms. The summed E-state index contributed by atoms with van der Waals surface area (Å²) in [5, 5.41) is 4.56. The fraction of sp³-hybridized carbons (Fsp3) is 0. The fourth-order valence-electron chi connectivity index (χ4n) is 0.0671. The highest BCUT2D eigenvalue weighted by atomic mass is 32.2. The molecule has 0 aliphatic carbocycles. The third-order valence-electron chi connectivity index (χ3n) is 0.212. The Kier molecular flexibility index (Phi) is 1.71. The van der Waals surface area contributed by atoms with Crippen molar-refractivity contribution in [1.82, 2.24) is 0 Å². The van der Waals surface area contributed by atoms with E-state index in [2.05, 4.69) is 5.14 Å². The second-order valence-corrected chi connectivity index (χ2v) is 2.24. The van der Waals surface area contributed by atoms with Gasteiger partial charge >= 0.3 is 0 Å². The van der Waals surface area contributed by atoms with E-state index in [1.807, 2.05) is 0 Å². The zero-order valence-corrected chi connectivity index (χ0v) is 4.10. The van der Waals surface area contributed by atoms with E-state index in [0.717, 1.165) is 5.94 Å². The molecule has 2 N–H and O–H groups in total. The first-order valence-corrected chi connectivity index (χ1v) is 2.91. The van der Waals surface area contributed by atoms with Crippen LogP contribution in [-0.4, -0.2) is 14.4 Å². The smallest absolute Gasteiger partial charge is 0.233 e. The van der Waals surface area contributed by atoms with Gasteiger partial charge in [0.2, 0.25) is 10.0 Å². The summed E-state index contributed by atoms with van der Waals surface area (Å²) in [6.07, 6.45) is 0. The summed E-state index contributed by atoms with van der Waals surface area (Å²) >= 11 is 0. The highest BCUT2D eigenvalue weighted by Crippen LogP contribution is 1.68. The summed E-state index contributed by atoms with van der Waals surface area (Å²) in [5.41, 5.74) is 0. The Morgan fingerprint density at radius 1 is 1.57 bits per heavy atom. The fourth-order valence-corrected chi connectivity index (χ4v) is 0.201. The molecule has 0 fully saturated rings. The quantitative estimate of drug-likeness (QED) is 0.434. The first kappa shape index (κ1) is 6.36. The van der Waals surface area contributed by atoms with Gasteiger partial charge in [-0.2, -0.15) is 0 Å². The Labute approximate surface area is 40.7 Å². The molecule has 0 saturated heterocycles. The lowest BCUT2D eigenvalue weighted by atomic mass is 11.2. The molecule has 5 heteroatoms. The largest absolute Gasteiger partial charge is 0.241 e. The molecule has 0 spiro atoms. The van der Waals surface area contributed by atoms with Crippen LogP contribution in [0, 0.1) is 0 Å². The van der Waals surface area contributed by atoms with Gasteiger partial charge in [0.25, 0.3) is 0 Å². The minimum atomic E-state index is -3.72. The second-order valence-electron chi connectivity index (χ2n) is 0.825. The van der Waals surface area contributed by atoms with Crippen LogP contribution >= 0.6 is 0 Å². The van der Waals surface area contributed by atoms with E-state index >= 15 is 0 Å². The summed E-state index contributed by atoms with van der Waals surface area (Å²) in [5.74, 6) is 1.02. The van der Waals surface area contributed by atoms with Crippen molar-refractivity contribution in [2.24, 2.45) is 5.14 Å². The van der Waals surface area contributed by atoms with Crippen molar-refractivity contribution in [3.63, 3.8) is 0 Å². The Bertz CT molecular complexity index is 185. The predicted octanol–water partition coefficient (Wildman–Crippen LogP) is -1.38. The maximum Gasteiger partial charge on any atom is 0.241 e. The third-order valence-corrected chi connectivity index (χ3v) is 0.637. The van der Waals surface area contributed by atoms with Crippen molar-refractivity contribution in [3.8, 4) is 0 Å². The third kappa shape index (κ3) is 5.36. The van der Waals surface area contributed by atoms with Gasteiger partial charge in [-0.1, -0.05) is 0 Å². The topological polar surface area (TPSA) is 77.2 Å². The summed E-state index contributed by atoms with van der Waals surface area (Å²) in [7, 11) is -3.72. The van der Waals surface area contributed by atoms with Crippen molar-refractivity contribution in [2.75, 3.05) is 0 Å². The first-order valence-electron chi connectivity index (χ1n) is 1.30. The zero-order chi connectivity index (χ0) is 5.91. The van der Waals surface area contributed by atoms with Gasteiger partial charge in [0, 0.05) is 0 Å². The van der Waals surface area contributed by atoms with Crippen LogP contribution in [0.15, 0.2) is 5.41 Å². The van der Waals surface area contributed by atoms with E-state index in [4.69, 9.17) is 0 Å². The van der Waals surface area contributed by atoms with Gasteiger partial charge < -0.3 is 0 Å². The highest BCUT2D eigenvalue weighted by molar-refractivity contribution is 7.92. The number of hydrogen-bond donors (Lipinski definition) is 1. The number of rotatable bonds is 1. The van der Waals surface area contributed by atoms with Gasteiger partial charge in [-0.15, -0.1) is 0 Å². The van der Waals surface area contributed by atoms with Crippen LogP contribution in [0.3, 0.4) is 0 Å². The molecule has 0 aromatic carbocycles. The molecule has 4 nitrogen and oxygen atoms in total. The molecular weight excluding hydrogens is 118 g/mol. The van der Waals surface area contributed by atoms with Crippen molar-refractivity contribution in [3.05, 3.63) is 5.41 Å². The molecule has 0 unspecified atom stereocenters. The van der Waals surface area contributed by atoms with Crippen LogP contribution in [0.1, 0.15) is 0 Å². The number of carbonyl (C=O) groups excluding carboxylic acids is 1. The van der Waals surface area contributed by atoms with Crippen LogP contribution < -0.4 is 5.14 Å². The highest BCUT2D eigenvalue weighted by Gasteiger charge is 1.89. The molecule has 0 amide bonds. The zero-order valence-electron chi connectivity index (χ0n) is 3.29. The van der Waals surface area contributed by atoms with Crippen molar-refractivity contribution >= 4 is 16.0 Å². The van der Waals surface area contributed by atoms with Gasteiger partial charge in [0.05, 0.1) is 0 Å². The summed E-state index contributed by atoms with van der Waals surface area (Å²) in [4.78, 5) is 9.18. The lowest BCUT2D eigenvalue weighted by molar-refractivity contribution is 0.568. The summed E-state index contributed by atoms with van der Waals surface area (Å²) in [6, 6.07) is 0. The molecule has 0 aliphatic rings. The monoisotopic (exact) mass is 121 g/mol. The molecule has 0 radical (unpaired) electrons. The molecule has 0 atom stereocenters. The van der Waals surface area contributed by atoms with E-state index < -0.39 is 10.0 Å². The van der Waals surface area contributed by atoms with Crippen LogP contribution in [0.2, 0.25) is 0 Å². The minimum Gasteiger partial charge on any atom is -0.233 e. The average molecular weight is 121 g/mol. The van der Waals surface area contributed by atoms with Crippen LogP contribution in [0.4, 0.5) is 0 Å². The Hall–Kier alpha value is -0.640. The number of nitrogens with two attached hydrogens (primary N) is 1. The van der Waals surface area contributed by atoms with Gasteiger partial charge in [-0.25, -0.2) is 18.4 Å². The van der Waals surface area contributed by atoms with Crippen LogP contribution in [-0.2, 0) is 14.8 Å². The maximum absolute atomic E-state index is 9.69. The molecule has 0 bridgehead atoms. The van der Waals surface area contributed by atoms with E-state index in [9.17, 15) is 13.2 Å². The number of sulfonamides is 1. The second kappa shape index (κ2) is 1.88. The van der Waals surface area contributed by atoms with Gasteiger partial charge in [-0.3, -0.25) is 0 Å². The summed E-state index contributed by atoms with van der Waals surface area (Å²) < 4.78 is 19.4. The molecule has 0 saturated carbocycles. The maximum atomic E-state index is 9.69. The van der Waals surface area contributed by atoms with E-state index in [0.29, 0.717) is 0 Å². The van der Waals surface area contributed by atoms with E-state index in [1.54, 1.807) is 0 Å². The molecule has 40 valence electrons. The van der Waals surface area contributed by atoms with Crippen LogP contribution in [0.25, 0.3) is 0 Å². The minimum absolute atomic E-state index is 0.257. The van der Waals surface area contributed by atoms with Gasteiger partial charge in [-0.05, 0) is 0 Å². The normalized spacial score (nSPS) is 9.86. The van der Waals surface area contributed by atoms with E-state index in [-0.39, 0.29) is 5.41 Å². The standard InChI is InChI=1S/C2H3NO3S/c3-7(5,6)2-1-4/h2H,(H2,3,5,6). The first-order chi connectivity index (χ1) is 3.06. The summed E-state index contributed by atoms with van der Waals surface area (Å²) in [6.45, 7) is 0. The SMILES string of the molecule is NS(=O)(=O)C=C=O. The molecule has 0 aliphatic heterocycles. The lowest BCUT2D eigenvalue weighted by Crippen LogP contribution is -2.06. The van der Waals surface area contributed by atoms with Crippen molar-refractivity contribution < 1.29 is 13.2 Å². The number of primary sulfonamides is 1. The Morgan fingerprint density at radius 2 is 2.00 bits per heavy atom. The molecule has 0 aromatic rings. The molecule has 0 heterocycles. The van der Waals surface area contributed by atoms with Crippen LogP contribution in [0.5, 0.6) is 0 Å². The van der Waals surface area contributed by atoms with Gasteiger partial charge in [0.15, 0.2) is 0 Å². The van der Waals surface area contributed by atoms with Crippen molar-refractivity contribution in [1.29, 1.82) is 0 Å². The molecular formula is C2H3NO3S. The molecule has 0 aromatic heterocycles. The van der Waals surface area contributed by atoms with E-state index in [1.165, 1.54) is 0 Å².